The second-order valence-corrected chi connectivity index (χ2v) is 6.64. The fourth-order valence-corrected chi connectivity index (χ4v) is 3.15. The smallest absolute Gasteiger partial charge is 0.243 e. The summed E-state index contributed by atoms with van der Waals surface area (Å²) < 4.78 is 9.44. The third-order valence-corrected chi connectivity index (χ3v) is 4.36. The van der Waals surface area contributed by atoms with Gasteiger partial charge in [-0.25, -0.2) is 0 Å². The number of hydrogen-bond donors (Lipinski definition) is 1. The van der Waals surface area contributed by atoms with Crippen molar-refractivity contribution in [2.24, 2.45) is 0 Å². The Labute approximate surface area is 152 Å². The van der Waals surface area contributed by atoms with Gasteiger partial charge in [-0.05, 0) is 34.6 Å². The number of aryl methyl sites for hydroxylation is 1. The van der Waals surface area contributed by atoms with Crippen LogP contribution in [0.5, 0.6) is 5.88 Å². The molecule has 0 spiro atoms. The Kier molecular flexibility index (Phi) is 6.86. The van der Waals surface area contributed by atoms with Gasteiger partial charge in [0, 0.05) is 25.3 Å². The standard InChI is InChI=1S/C16H26N6O2S/c1-6-21-9-12(15(20-21)24-8-3)14-18-19-16(22(14)7-2)25-10-13(23)17-11(4)5/h9,11H,6-8,10H2,1-5H3,(H,17,23). The molecule has 0 radical (unpaired) electrons. The molecular weight excluding hydrogens is 340 g/mol. The van der Waals surface area contributed by atoms with E-state index in [1.807, 2.05) is 50.1 Å². The van der Waals surface area contributed by atoms with Gasteiger partial charge in [0.1, 0.15) is 5.56 Å². The second-order valence-electron chi connectivity index (χ2n) is 5.70. The van der Waals surface area contributed by atoms with Gasteiger partial charge in [-0.3, -0.25) is 9.48 Å². The molecule has 0 saturated carbocycles. The number of thioether (sulfide) groups is 1. The zero-order valence-electron chi connectivity index (χ0n) is 15.4. The van der Waals surface area contributed by atoms with Crippen LogP contribution in [0.25, 0.3) is 11.4 Å². The predicted molar refractivity (Wildman–Crippen MR) is 97.8 cm³/mol. The first-order chi connectivity index (χ1) is 12.0. The third kappa shape index (κ3) is 4.75. The maximum atomic E-state index is 11.9. The number of aromatic nitrogens is 5. The Bertz CT molecular complexity index is 710. The molecule has 0 fully saturated rings. The van der Waals surface area contributed by atoms with E-state index in [4.69, 9.17) is 4.74 Å². The quantitative estimate of drug-likeness (QED) is 0.685. The summed E-state index contributed by atoms with van der Waals surface area (Å²) in [6, 6.07) is 0.126. The summed E-state index contributed by atoms with van der Waals surface area (Å²) >= 11 is 1.38. The van der Waals surface area contributed by atoms with Crippen molar-refractivity contribution in [3.05, 3.63) is 6.20 Å². The predicted octanol–water partition coefficient (Wildman–Crippen LogP) is 2.20. The Balaban J connectivity index is 2.24. The normalized spacial score (nSPS) is 11.1. The fraction of sp³-hybridized carbons (Fsp3) is 0.625. The number of nitrogens with zero attached hydrogens (tertiary/aromatic N) is 5. The van der Waals surface area contributed by atoms with Gasteiger partial charge in [-0.15, -0.1) is 15.3 Å². The van der Waals surface area contributed by atoms with Gasteiger partial charge in [0.05, 0.1) is 12.4 Å². The summed E-state index contributed by atoms with van der Waals surface area (Å²) in [5.41, 5.74) is 0.816. The number of carbonyl (C=O) groups is 1. The largest absolute Gasteiger partial charge is 0.476 e. The number of ether oxygens (including phenoxy) is 1. The lowest BCUT2D eigenvalue weighted by atomic mass is 10.3. The lowest BCUT2D eigenvalue weighted by Crippen LogP contribution is -2.31. The summed E-state index contributed by atoms with van der Waals surface area (Å²) in [5, 5.41) is 16.6. The molecule has 1 amide bonds. The van der Waals surface area contributed by atoms with E-state index in [1.165, 1.54) is 11.8 Å². The Morgan fingerprint density at radius 2 is 2.04 bits per heavy atom. The minimum atomic E-state index is -0.0130. The summed E-state index contributed by atoms with van der Waals surface area (Å²) in [6.45, 7) is 11.8. The van der Waals surface area contributed by atoms with Gasteiger partial charge in [-0.2, -0.15) is 0 Å². The monoisotopic (exact) mass is 366 g/mol. The maximum absolute atomic E-state index is 11.9. The number of amides is 1. The average Bonchev–Trinajstić information content (AvgIpc) is 3.15. The molecule has 0 unspecified atom stereocenters. The molecule has 0 aliphatic heterocycles. The van der Waals surface area contributed by atoms with Gasteiger partial charge >= 0.3 is 0 Å². The molecule has 8 nitrogen and oxygen atoms in total. The highest BCUT2D eigenvalue weighted by Gasteiger charge is 2.20. The first-order valence-corrected chi connectivity index (χ1v) is 9.54. The Morgan fingerprint density at radius 1 is 1.28 bits per heavy atom. The van der Waals surface area contributed by atoms with E-state index in [-0.39, 0.29) is 11.9 Å². The van der Waals surface area contributed by atoms with Crippen molar-refractivity contribution < 1.29 is 9.53 Å². The van der Waals surface area contributed by atoms with Crippen LogP contribution in [-0.2, 0) is 17.9 Å². The van der Waals surface area contributed by atoms with Crippen LogP contribution in [0.4, 0.5) is 0 Å². The molecule has 0 aliphatic carbocycles. The molecule has 25 heavy (non-hydrogen) atoms. The first-order valence-electron chi connectivity index (χ1n) is 8.56. The van der Waals surface area contributed by atoms with Gasteiger partial charge in [0.2, 0.25) is 11.8 Å². The van der Waals surface area contributed by atoms with Crippen LogP contribution >= 0.6 is 11.8 Å². The summed E-state index contributed by atoms with van der Waals surface area (Å²) in [6.07, 6.45) is 1.92. The van der Waals surface area contributed by atoms with E-state index in [0.29, 0.717) is 35.8 Å². The van der Waals surface area contributed by atoms with Crippen LogP contribution in [0.3, 0.4) is 0 Å². The van der Waals surface area contributed by atoms with Crippen LogP contribution < -0.4 is 10.1 Å². The lowest BCUT2D eigenvalue weighted by molar-refractivity contribution is -0.119. The topological polar surface area (TPSA) is 86.9 Å². The molecule has 0 saturated heterocycles. The van der Waals surface area contributed by atoms with E-state index in [2.05, 4.69) is 20.6 Å². The first kappa shape index (κ1) is 19.3. The molecule has 2 heterocycles. The zero-order valence-corrected chi connectivity index (χ0v) is 16.3. The maximum Gasteiger partial charge on any atom is 0.243 e. The Hall–Kier alpha value is -2.03. The Morgan fingerprint density at radius 3 is 2.64 bits per heavy atom. The highest BCUT2D eigenvalue weighted by Crippen LogP contribution is 2.30. The number of nitrogens with one attached hydrogen (secondary N) is 1. The van der Waals surface area contributed by atoms with Gasteiger partial charge in [-0.1, -0.05) is 11.8 Å². The van der Waals surface area contributed by atoms with E-state index in [9.17, 15) is 4.79 Å². The molecular formula is C16H26N6O2S. The van der Waals surface area contributed by atoms with Crippen LogP contribution in [0.1, 0.15) is 34.6 Å². The molecule has 2 rings (SSSR count). The highest BCUT2D eigenvalue weighted by molar-refractivity contribution is 7.99. The van der Waals surface area contributed by atoms with Gasteiger partial charge < -0.3 is 14.6 Å². The SMILES string of the molecule is CCOc1nn(CC)cc1-c1nnc(SCC(=O)NC(C)C)n1CC. The van der Waals surface area contributed by atoms with E-state index in [0.717, 1.165) is 12.1 Å². The molecule has 0 bridgehead atoms. The molecule has 0 aromatic carbocycles. The highest BCUT2D eigenvalue weighted by atomic mass is 32.2. The van der Waals surface area contributed by atoms with Crippen LogP contribution in [0, 0.1) is 0 Å². The minimum absolute atomic E-state index is 0.0130. The van der Waals surface area contributed by atoms with Crippen molar-refractivity contribution in [2.45, 2.75) is 58.9 Å². The minimum Gasteiger partial charge on any atom is -0.476 e. The van der Waals surface area contributed by atoms with Crippen molar-refractivity contribution in [3.63, 3.8) is 0 Å². The fourth-order valence-electron chi connectivity index (χ4n) is 2.34. The zero-order chi connectivity index (χ0) is 18.4. The van der Waals surface area contributed by atoms with Crippen molar-refractivity contribution in [1.82, 2.24) is 29.9 Å². The molecule has 2 aromatic rings. The van der Waals surface area contributed by atoms with E-state index in [1.54, 1.807) is 0 Å². The van der Waals surface area contributed by atoms with Crippen LogP contribution in [-0.4, -0.2) is 48.9 Å². The number of rotatable bonds is 9. The lowest BCUT2D eigenvalue weighted by Gasteiger charge is -2.09. The van der Waals surface area contributed by atoms with Gasteiger partial charge in [0.15, 0.2) is 11.0 Å². The van der Waals surface area contributed by atoms with Crippen LogP contribution in [0.2, 0.25) is 0 Å². The molecule has 2 aromatic heterocycles. The molecule has 9 heteroatoms. The number of carbonyl (C=O) groups excluding carboxylic acids is 1. The molecule has 138 valence electrons. The summed E-state index contributed by atoms with van der Waals surface area (Å²) in [4.78, 5) is 11.9. The van der Waals surface area contributed by atoms with E-state index >= 15 is 0 Å². The third-order valence-electron chi connectivity index (χ3n) is 3.39. The molecule has 0 atom stereocenters. The van der Waals surface area contributed by atoms with Gasteiger partial charge in [0.25, 0.3) is 0 Å². The summed E-state index contributed by atoms with van der Waals surface area (Å²) in [5.74, 6) is 1.56. The average molecular weight is 366 g/mol. The number of hydrogen-bond acceptors (Lipinski definition) is 6. The van der Waals surface area contributed by atoms with Crippen molar-refractivity contribution in [2.75, 3.05) is 12.4 Å². The van der Waals surface area contributed by atoms with Crippen LogP contribution in [0.15, 0.2) is 11.4 Å². The van der Waals surface area contributed by atoms with Crippen molar-refractivity contribution in [1.29, 1.82) is 0 Å². The molecule has 1 N–H and O–H groups in total. The summed E-state index contributed by atoms with van der Waals surface area (Å²) in [7, 11) is 0. The second kappa shape index (κ2) is 8.89. The van der Waals surface area contributed by atoms with E-state index < -0.39 is 0 Å². The van der Waals surface area contributed by atoms with Crippen molar-refractivity contribution in [3.8, 4) is 17.3 Å². The molecule has 0 aliphatic rings. The van der Waals surface area contributed by atoms with Crippen molar-refractivity contribution >= 4 is 17.7 Å².